The number of likely N-dealkylation sites (N-methyl/N-ethyl adjacent to an activating group) is 1. The number of amides is 1. The van der Waals surface area contributed by atoms with E-state index in [2.05, 4.69) is 10.1 Å². The van der Waals surface area contributed by atoms with Crippen molar-refractivity contribution in [3.63, 3.8) is 0 Å². The van der Waals surface area contributed by atoms with Crippen molar-refractivity contribution < 1.29 is 14.3 Å². The normalized spacial score (nSPS) is 21.0. The summed E-state index contributed by atoms with van der Waals surface area (Å²) in [7, 11) is 3.06. The summed E-state index contributed by atoms with van der Waals surface area (Å²) in [5.74, 6) is -0.354. The van der Waals surface area contributed by atoms with E-state index in [-0.39, 0.29) is 24.5 Å². The fourth-order valence-electron chi connectivity index (χ4n) is 1.70. The van der Waals surface area contributed by atoms with Gasteiger partial charge in [-0.05, 0) is 19.9 Å². The van der Waals surface area contributed by atoms with Crippen LogP contribution in [0.25, 0.3) is 0 Å². The second-order valence-corrected chi connectivity index (χ2v) is 3.30. The van der Waals surface area contributed by atoms with Gasteiger partial charge in [0.1, 0.15) is 6.04 Å². The van der Waals surface area contributed by atoms with Crippen LogP contribution in [0.2, 0.25) is 0 Å². The number of hydrogen-bond donors (Lipinski definition) is 1. The SMILES string of the molecule is CNCC(=O)N1CCC[C@H]1C(=O)OC. The molecule has 80 valence electrons. The Morgan fingerprint density at radius 3 is 2.86 bits per heavy atom. The van der Waals surface area contributed by atoms with E-state index in [4.69, 9.17) is 0 Å². The number of hydrogen-bond acceptors (Lipinski definition) is 4. The average Bonchev–Trinajstić information content (AvgIpc) is 2.65. The zero-order chi connectivity index (χ0) is 10.6. The Morgan fingerprint density at radius 2 is 2.29 bits per heavy atom. The number of nitrogens with one attached hydrogen (secondary N) is 1. The van der Waals surface area contributed by atoms with Crippen molar-refractivity contribution in [3.05, 3.63) is 0 Å². The molecule has 1 rings (SSSR count). The first-order valence-corrected chi connectivity index (χ1v) is 4.72. The maximum Gasteiger partial charge on any atom is 0.328 e. The predicted octanol–water partition coefficient (Wildman–Crippen LogP) is -0.630. The molecule has 1 atom stereocenters. The lowest BCUT2D eigenvalue weighted by molar-refractivity contribution is -0.150. The summed E-state index contributed by atoms with van der Waals surface area (Å²) in [5.41, 5.74) is 0. The number of nitrogens with zero attached hydrogens (tertiary/aromatic N) is 1. The summed E-state index contributed by atoms with van der Waals surface area (Å²) in [6.07, 6.45) is 1.58. The number of carbonyl (C=O) groups is 2. The quantitative estimate of drug-likeness (QED) is 0.616. The minimum absolute atomic E-state index is 0.0413. The van der Waals surface area contributed by atoms with Crippen LogP contribution in [0, 0.1) is 0 Å². The molecular formula is C9H16N2O3. The lowest BCUT2D eigenvalue weighted by Gasteiger charge is -2.22. The highest BCUT2D eigenvalue weighted by Crippen LogP contribution is 2.17. The first-order chi connectivity index (χ1) is 6.70. The van der Waals surface area contributed by atoms with E-state index in [1.807, 2.05) is 0 Å². The standard InChI is InChI=1S/C9H16N2O3/c1-10-6-8(12)11-5-3-4-7(11)9(13)14-2/h7,10H,3-6H2,1-2H3/t7-/m0/s1. The Hall–Kier alpha value is -1.10. The lowest BCUT2D eigenvalue weighted by atomic mass is 10.2. The summed E-state index contributed by atoms with van der Waals surface area (Å²) in [5, 5.41) is 2.78. The molecule has 1 amide bonds. The van der Waals surface area contributed by atoms with Crippen molar-refractivity contribution in [2.75, 3.05) is 27.2 Å². The molecule has 5 heteroatoms. The Bertz CT molecular complexity index is 230. The van der Waals surface area contributed by atoms with Gasteiger partial charge in [0.15, 0.2) is 0 Å². The van der Waals surface area contributed by atoms with Crippen LogP contribution in [0.1, 0.15) is 12.8 Å². The topological polar surface area (TPSA) is 58.6 Å². The Kier molecular flexibility index (Phi) is 3.88. The molecule has 1 fully saturated rings. The molecule has 1 saturated heterocycles. The van der Waals surface area contributed by atoms with E-state index < -0.39 is 0 Å². The number of methoxy groups -OCH3 is 1. The highest BCUT2D eigenvalue weighted by Gasteiger charge is 2.34. The Labute approximate surface area is 83.4 Å². The van der Waals surface area contributed by atoms with Gasteiger partial charge in [0.2, 0.25) is 5.91 Å². The van der Waals surface area contributed by atoms with E-state index in [9.17, 15) is 9.59 Å². The molecule has 14 heavy (non-hydrogen) atoms. The minimum Gasteiger partial charge on any atom is -0.467 e. The van der Waals surface area contributed by atoms with Gasteiger partial charge in [0.05, 0.1) is 13.7 Å². The van der Waals surface area contributed by atoms with Crippen LogP contribution in [0.5, 0.6) is 0 Å². The van der Waals surface area contributed by atoms with Crippen LogP contribution in [0.15, 0.2) is 0 Å². The summed E-state index contributed by atoms with van der Waals surface area (Å²) in [6, 6.07) is -0.374. The molecule has 0 unspecified atom stereocenters. The molecule has 0 spiro atoms. The van der Waals surface area contributed by atoms with Gasteiger partial charge < -0.3 is 15.0 Å². The highest BCUT2D eigenvalue weighted by atomic mass is 16.5. The molecule has 5 nitrogen and oxygen atoms in total. The van der Waals surface area contributed by atoms with Gasteiger partial charge in [0, 0.05) is 6.54 Å². The van der Waals surface area contributed by atoms with Crippen LogP contribution in [-0.4, -0.2) is 50.1 Å². The van der Waals surface area contributed by atoms with Gasteiger partial charge in [-0.1, -0.05) is 0 Å². The molecule has 0 aromatic heterocycles. The van der Waals surface area contributed by atoms with Crippen molar-refractivity contribution in [2.45, 2.75) is 18.9 Å². The Morgan fingerprint density at radius 1 is 1.57 bits per heavy atom. The summed E-state index contributed by atoms with van der Waals surface area (Å²) in [6.45, 7) is 0.924. The van der Waals surface area contributed by atoms with Crippen LogP contribution in [0.3, 0.4) is 0 Å². The molecule has 1 aliphatic heterocycles. The summed E-state index contributed by atoms with van der Waals surface area (Å²) in [4.78, 5) is 24.4. The fourth-order valence-corrected chi connectivity index (χ4v) is 1.70. The minimum atomic E-state index is -0.374. The molecule has 0 saturated carbocycles. The third-order valence-corrected chi connectivity index (χ3v) is 2.37. The zero-order valence-electron chi connectivity index (χ0n) is 8.58. The van der Waals surface area contributed by atoms with Crippen LogP contribution in [0.4, 0.5) is 0 Å². The third-order valence-electron chi connectivity index (χ3n) is 2.37. The van der Waals surface area contributed by atoms with Crippen LogP contribution < -0.4 is 5.32 Å². The van der Waals surface area contributed by atoms with Crippen molar-refractivity contribution in [2.24, 2.45) is 0 Å². The average molecular weight is 200 g/mol. The van der Waals surface area contributed by atoms with E-state index in [1.54, 1.807) is 11.9 Å². The molecule has 1 aliphatic rings. The molecule has 0 aromatic carbocycles. The maximum absolute atomic E-state index is 11.5. The smallest absolute Gasteiger partial charge is 0.328 e. The van der Waals surface area contributed by atoms with Gasteiger partial charge in [-0.15, -0.1) is 0 Å². The predicted molar refractivity (Wildman–Crippen MR) is 50.7 cm³/mol. The molecule has 1 N–H and O–H groups in total. The second-order valence-electron chi connectivity index (χ2n) is 3.30. The summed E-state index contributed by atoms with van der Waals surface area (Å²) < 4.78 is 4.64. The van der Waals surface area contributed by atoms with E-state index in [1.165, 1.54) is 7.11 Å². The van der Waals surface area contributed by atoms with Gasteiger partial charge in [-0.3, -0.25) is 4.79 Å². The van der Waals surface area contributed by atoms with Crippen molar-refractivity contribution >= 4 is 11.9 Å². The molecule has 0 radical (unpaired) electrons. The largest absolute Gasteiger partial charge is 0.467 e. The molecule has 1 heterocycles. The number of esters is 1. The zero-order valence-corrected chi connectivity index (χ0v) is 8.58. The second kappa shape index (κ2) is 4.95. The van der Waals surface area contributed by atoms with Gasteiger partial charge >= 0.3 is 5.97 Å². The molecular weight excluding hydrogens is 184 g/mol. The van der Waals surface area contributed by atoms with Gasteiger partial charge in [0.25, 0.3) is 0 Å². The number of ether oxygens (including phenoxy) is 1. The van der Waals surface area contributed by atoms with E-state index in [0.717, 1.165) is 6.42 Å². The lowest BCUT2D eigenvalue weighted by Crippen LogP contribution is -2.44. The van der Waals surface area contributed by atoms with Crippen molar-refractivity contribution in [3.8, 4) is 0 Å². The number of likely N-dealkylation sites (tertiary alicyclic amines) is 1. The number of rotatable bonds is 3. The first-order valence-electron chi connectivity index (χ1n) is 4.72. The van der Waals surface area contributed by atoms with E-state index >= 15 is 0 Å². The first kappa shape index (κ1) is 11.0. The third kappa shape index (κ3) is 2.23. The molecule has 0 aliphatic carbocycles. The van der Waals surface area contributed by atoms with Gasteiger partial charge in [-0.25, -0.2) is 4.79 Å². The summed E-state index contributed by atoms with van der Waals surface area (Å²) >= 11 is 0. The fraction of sp³-hybridized carbons (Fsp3) is 0.778. The van der Waals surface area contributed by atoms with Crippen LogP contribution >= 0.6 is 0 Å². The monoisotopic (exact) mass is 200 g/mol. The molecule has 0 bridgehead atoms. The Balaban J connectivity index is 2.59. The molecule has 0 aromatic rings. The highest BCUT2D eigenvalue weighted by molar-refractivity contribution is 5.86. The number of carbonyl (C=O) groups excluding carboxylic acids is 2. The van der Waals surface area contributed by atoms with Gasteiger partial charge in [-0.2, -0.15) is 0 Å². The van der Waals surface area contributed by atoms with Crippen molar-refractivity contribution in [1.82, 2.24) is 10.2 Å². The van der Waals surface area contributed by atoms with E-state index in [0.29, 0.717) is 13.0 Å². The van der Waals surface area contributed by atoms with Crippen molar-refractivity contribution in [1.29, 1.82) is 0 Å². The van der Waals surface area contributed by atoms with Crippen LogP contribution in [-0.2, 0) is 14.3 Å². The maximum atomic E-state index is 11.5.